The number of nitrogens with zero attached hydrogens (tertiary/aromatic N) is 3. The van der Waals surface area contributed by atoms with Gasteiger partial charge in [-0.15, -0.1) is 24.0 Å². The summed E-state index contributed by atoms with van der Waals surface area (Å²) in [5.74, 6) is 1.11. The number of guanidine groups is 1. The quantitative estimate of drug-likeness (QED) is 0.319. The number of hydrogen-bond acceptors (Lipinski definition) is 3. The number of nitrogens with one attached hydrogen (secondary N) is 2. The van der Waals surface area contributed by atoms with Crippen LogP contribution in [0.15, 0.2) is 39.9 Å². The molecule has 6 nitrogen and oxygen atoms in total. The summed E-state index contributed by atoms with van der Waals surface area (Å²) >= 11 is 0. The summed E-state index contributed by atoms with van der Waals surface area (Å²) in [5, 5.41) is 10.5. The molecule has 3 rings (SSSR count). The number of aromatic nitrogens is 2. The first kappa shape index (κ1) is 22.1. The molecule has 0 amide bonds. The van der Waals surface area contributed by atoms with Crippen LogP contribution in [0.5, 0.6) is 0 Å². The molecule has 2 aromatic heterocycles. The monoisotopic (exact) mass is 507 g/mol. The lowest BCUT2D eigenvalue weighted by Crippen LogP contribution is -2.36. The van der Waals surface area contributed by atoms with E-state index in [1.54, 1.807) is 7.05 Å². The van der Waals surface area contributed by atoms with Gasteiger partial charge in [-0.25, -0.2) is 0 Å². The number of rotatable bonds is 4. The molecule has 0 fully saturated rings. The minimum Gasteiger partial charge on any atom is -0.459 e. The maximum atomic E-state index is 13.0. The Morgan fingerprint density at radius 1 is 1.21 bits per heavy atom. The molecule has 28 heavy (non-hydrogen) atoms. The second kappa shape index (κ2) is 8.84. The molecule has 0 aliphatic rings. The summed E-state index contributed by atoms with van der Waals surface area (Å²) in [5.41, 5.74) is 0.953. The normalized spacial score (nSPS) is 12.1. The lowest BCUT2D eigenvalue weighted by atomic mass is 10.1. The molecule has 0 saturated carbocycles. The highest BCUT2D eigenvalue weighted by Gasteiger charge is 2.36. The molecular weight excluding hydrogens is 486 g/mol. The molecule has 0 bridgehead atoms. The Morgan fingerprint density at radius 3 is 2.54 bits per heavy atom. The van der Waals surface area contributed by atoms with Gasteiger partial charge in [-0.05, 0) is 13.0 Å². The largest absolute Gasteiger partial charge is 0.459 e. The Labute approximate surface area is 177 Å². The molecule has 0 unspecified atom stereocenters. The van der Waals surface area contributed by atoms with E-state index in [0.29, 0.717) is 12.5 Å². The third-order valence-corrected chi connectivity index (χ3v) is 4.20. The van der Waals surface area contributed by atoms with E-state index in [0.717, 1.165) is 27.0 Å². The second-order valence-electron chi connectivity index (χ2n) is 6.10. The van der Waals surface area contributed by atoms with Crippen LogP contribution >= 0.6 is 24.0 Å². The highest BCUT2D eigenvalue weighted by Crippen LogP contribution is 2.30. The topological polar surface area (TPSA) is 67.4 Å². The van der Waals surface area contributed by atoms with Crippen molar-refractivity contribution in [3.63, 3.8) is 0 Å². The van der Waals surface area contributed by atoms with E-state index in [2.05, 4.69) is 20.7 Å². The number of halogens is 4. The summed E-state index contributed by atoms with van der Waals surface area (Å²) in [4.78, 5) is 4.04. The summed E-state index contributed by atoms with van der Waals surface area (Å²) in [6.45, 7) is 2.27. The number of hydrogen-bond donors (Lipinski definition) is 2. The van der Waals surface area contributed by atoms with Crippen molar-refractivity contribution < 1.29 is 17.6 Å². The molecule has 2 N–H and O–H groups in total. The molecule has 0 aliphatic heterocycles. The maximum absolute atomic E-state index is 13.0. The Hall–Kier alpha value is -2.24. The van der Waals surface area contributed by atoms with Gasteiger partial charge < -0.3 is 15.1 Å². The molecule has 10 heteroatoms. The zero-order valence-electron chi connectivity index (χ0n) is 15.6. The fourth-order valence-electron chi connectivity index (χ4n) is 2.86. The predicted molar refractivity (Wildman–Crippen MR) is 112 cm³/mol. The van der Waals surface area contributed by atoms with Gasteiger partial charge >= 0.3 is 6.18 Å². The van der Waals surface area contributed by atoms with E-state index in [4.69, 9.17) is 4.42 Å². The zero-order valence-corrected chi connectivity index (χ0v) is 17.9. The summed E-state index contributed by atoms with van der Waals surface area (Å²) in [7, 11) is 3.00. The highest BCUT2D eigenvalue weighted by atomic mass is 127. The van der Waals surface area contributed by atoms with Crippen LogP contribution in [-0.2, 0) is 26.3 Å². The Balaban J connectivity index is 0.00000280. The number of alkyl halides is 3. The second-order valence-corrected chi connectivity index (χ2v) is 6.10. The molecule has 0 radical (unpaired) electrons. The fourth-order valence-corrected chi connectivity index (χ4v) is 2.86. The Bertz CT molecular complexity index is 977. The van der Waals surface area contributed by atoms with Crippen LogP contribution < -0.4 is 10.6 Å². The van der Waals surface area contributed by atoms with Crippen LogP contribution in [0.1, 0.15) is 22.6 Å². The number of fused-ring (bicyclic) bond motifs is 1. The van der Waals surface area contributed by atoms with E-state index < -0.39 is 11.9 Å². The molecule has 0 saturated heterocycles. The van der Waals surface area contributed by atoms with E-state index in [1.165, 1.54) is 13.2 Å². The van der Waals surface area contributed by atoms with Crippen LogP contribution in [0.3, 0.4) is 0 Å². The van der Waals surface area contributed by atoms with Gasteiger partial charge in [0.25, 0.3) is 0 Å². The number of aryl methyl sites for hydroxylation is 2. The van der Waals surface area contributed by atoms with Gasteiger partial charge in [-0.1, -0.05) is 18.2 Å². The van der Waals surface area contributed by atoms with Crippen molar-refractivity contribution in [3.8, 4) is 0 Å². The molecular formula is C18H21F3IN5O. The third-order valence-electron chi connectivity index (χ3n) is 4.20. The molecule has 1 aromatic carbocycles. The lowest BCUT2D eigenvalue weighted by Gasteiger charge is -2.12. The summed E-state index contributed by atoms with van der Waals surface area (Å²) < 4.78 is 46.0. The Kier molecular flexibility index (Phi) is 6.96. The van der Waals surface area contributed by atoms with Crippen LogP contribution in [0.2, 0.25) is 0 Å². The zero-order chi connectivity index (χ0) is 19.6. The van der Waals surface area contributed by atoms with Gasteiger partial charge in [0, 0.05) is 43.4 Å². The number of aliphatic imine (C=N–C) groups is 1. The van der Waals surface area contributed by atoms with Crippen molar-refractivity contribution in [1.29, 1.82) is 0 Å². The third kappa shape index (κ3) is 4.78. The van der Waals surface area contributed by atoms with Gasteiger partial charge in [0.2, 0.25) is 0 Å². The van der Waals surface area contributed by atoms with Gasteiger partial charge in [-0.2, -0.15) is 18.3 Å². The lowest BCUT2D eigenvalue weighted by molar-refractivity contribution is -0.142. The van der Waals surface area contributed by atoms with Crippen LogP contribution in [-0.4, -0.2) is 22.8 Å². The van der Waals surface area contributed by atoms with Crippen molar-refractivity contribution in [3.05, 3.63) is 53.0 Å². The SMILES string of the molecule is CN=C(NCc1cn(C)nc1C(F)(F)F)NCc1oc2ccccc2c1C.I. The maximum Gasteiger partial charge on any atom is 0.435 e. The van der Waals surface area contributed by atoms with Crippen LogP contribution in [0, 0.1) is 6.92 Å². The van der Waals surface area contributed by atoms with Gasteiger partial charge in [0.05, 0.1) is 6.54 Å². The average Bonchev–Trinajstić information content (AvgIpc) is 3.16. The van der Waals surface area contributed by atoms with Crippen molar-refractivity contribution in [1.82, 2.24) is 20.4 Å². The first-order valence-corrected chi connectivity index (χ1v) is 8.31. The fraction of sp³-hybridized carbons (Fsp3) is 0.333. The summed E-state index contributed by atoms with van der Waals surface area (Å²) in [6, 6.07) is 7.70. The van der Waals surface area contributed by atoms with E-state index in [-0.39, 0.29) is 36.1 Å². The number of benzene rings is 1. The van der Waals surface area contributed by atoms with Gasteiger partial charge in [0.1, 0.15) is 11.3 Å². The molecule has 0 spiro atoms. The van der Waals surface area contributed by atoms with E-state index in [9.17, 15) is 13.2 Å². The molecule has 0 atom stereocenters. The molecule has 2 heterocycles. The highest BCUT2D eigenvalue weighted by molar-refractivity contribution is 14.0. The standard InChI is InChI=1S/C18H20F3N5O.HI/c1-11-13-6-4-5-7-14(13)27-15(11)9-24-17(22-2)23-8-12-10-26(3)25-16(12)18(19,20)21;/h4-7,10H,8-9H2,1-3H3,(H2,22,23,24);1H. The first-order valence-electron chi connectivity index (χ1n) is 8.31. The minimum absolute atomic E-state index is 0. The van der Waals surface area contributed by atoms with E-state index >= 15 is 0 Å². The number of furan rings is 1. The van der Waals surface area contributed by atoms with Crippen LogP contribution in [0.25, 0.3) is 11.0 Å². The van der Waals surface area contributed by atoms with Crippen molar-refractivity contribution in [2.75, 3.05) is 7.05 Å². The van der Waals surface area contributed by atoms with Crippen LogP contribution in [0.4, 0.5) is 13.2 Å². The van der Waals surface area contributed by atoms with Crippen molar-refractivity contribution >= 4 is 40.9 Å². The Morgan fingerprint density at radius 2 is 1.89 bits per heavy atom. The first-order chi connectivity index (χ1) is 12.8. The molecule has 3 aromatic rings. The molecule has 0 aliphatic carbocycles. The predicted octanol–water partition coefficient (Wildman–Crippen LogP) is 3.98. The smallest absolute Gasteiger partial charge is 0.435 e. The summed E-state index contributed by atoms with van der Waals surface area (Å²) in [6.07, 6.45) is -3.16. The molecule has 152 valence electrons. The average molecular weight is 507 g/mol. The number of para-hydroxylation sites is 1. The van der Waals surface area contributed by atoms with Crippen molar-refractivity contribution in [2.45, 2.75) is 26.2 Å². The van der Waals surface area contributed by atoms with Gasteiger partial charge in [0.15, 0.2) is 11.7 Å². The van der Waals surface area contributed by atoms with E-state index in [1.807, 2.05) is 31.2 Å². The minimum atomic E-state index is -4.50. The van der Waals surface area contributed by atoms with Crippen molar-refractivity contribution in [2.24, 2.45) is 12.0 Å². The van der Waals surface area contributed by atoms with Gasteiger partial charge in [-0.3, -0.25) is 9.67 Å².